The number of para-hydroxylation sites is 2. The van der Waals surface area contributed by atoms with Crippen LogP contribution in [0.15, 0.2) is 59.8 Å². The third kappa shape index (κ3) is 7.82. The number of hydrogen-bond acceptors (Lipinski definition) is 5. The molecule has 0 spiro atoms. The van der Waals surface area contributed by atoms with Gasteiger partial charge >= 0.3 is 0 Å². The van der Waals surface area contributed by atoms with Crippen LogP contribution < -0.4 is 9.64 Å². The van der Waals surface area contributed by atoms with Crippen molar-refractivity contribution in [1.82, 2.24) is 14.8 Å². The summed E-state index contributed by atoms with van der Waals surface area (Å²) in [6, 6.07) is 16.1. The fourth-order valence-corrected chi connectivity index (χ4v) is 4.69. The van der Waals surface area contributed by atoms with Gasteiger partial charge in [0, 0.05) is 18.3 Å². The predicted molar refractivity (Wildman–Crippen MR) is 139 cm³/mol. The molecule has 6 nitrogen and oxygen atoms in total. The van der Waals surface area contributed by atoms with E-state index in [-0.39, 0.29) is 30.1 Å². The third-order valence-electron chi connectivity index (χ3n) is 5.62. The van der Waals surface area contributed by atoms with Crippen LogP contribution in [0, 0.1) is 5.82 Å². The van der Waals surface area contributed by atoms with E-state index in [1.54, 1.807) is 23.1 Å². The number of aromatic nitrogens is 3. The highest BCUT2D eigenvalue weighted by atomic mass is 32.2. The first kappa shape index (κ1) is 26.7. The van der Waals surface area contributed by atoms with Gasteiger partial charge in [-0.1, -0.05) is 74.7 Å². The van der Waals surface area contributed by atoms with Crippen LogP contribution in [0.1, 0.15) is 58.7 Å². The Balaban J connectivity index is 1.70. The number of unbranched alkanes of at least 4 members (excludes halogenated alkanes) is 4. The number of carbonyl (C=O) groups is 1. The lowest BCUT2D eigenvalue weighted by Gasteiger charge is -2.26. The number of halogens is 1. The number of carbonyl (C=O) groups excluding carboxylic acids is 1. The molecule has 0 aliphatic carbocycles. The minimum atomic E-state index is -0.409. The maximum Gasteiger partial charge on any atom is 0.237 e. The molecule has 0 radical (unpaired) electrons. The van der Waals surface area contributed by atoms with Crippen LogP contribution >= 0.6 is 11.8 Å². The number of anilines is 1. The van der Waals surface area contributed by atoms with Gasteiger partial charge in [0.15, 0.2) is 22.5 Å². The van der Waals surface area contributed by atoms with E-state index >= 15 is 0 Å². The van der Waals surface area contributed by atoms with Crippen molar-refractivity contribution >= 4 is 23.4 Å². The first-order valence-electron chi connectivity index (χ1n) is 12.3. The molecule has 3 rings (SSSR count). The highest BCUT2D eigenvalue weighted by Gasteiger charge is 2.21. The molecular formula is C27H35FN4O2S. The lowest BCUT2D eigenvalue weighted by molar-refractivity contribution is -0.116. The second-order valence-electron chi connectivity index (χ2n) is 8.67. The summed E-state index contributed by atoms with van der Waals surface area (Å²) in [6.45, 7) is 7.05. The number of amides is 1. The second-order valence-corrected chi connectivity index (χ2v) is 9.61. The zero-order valence-corrected chi connectivity index (χ0v) is 21.6. The van der Waals surface area contributed by atoms with Crippen LogP contribution in [-0.2, 0) is 17.9 Å². The number of benzene rings is 2. The highest BCUT2D eigenvalue weighted by Crippen LogP contribution is 2.24. The zero-order valence-electron chi connectivity index (χ0n) is 20.8. The molecule has 35 heavy (non-hydrogen) atoms. The molecule has 0 unspecified atom stereocenters. The summed E-state index contributed by atoms with van der Waals surface area (Å²) < 4.78 is 21.7. The average molecular weight is 499 g/mol. The van der Waals surface area contributed by atoms with Crippen molar-refractivity contribution in [1.29, 1.82) is 0 Å². The standard InChI is InChI=1S/C27H35FN4O2S/c1-4-5-6-7-13-18-31-25(19-34-24-17-12-11-16-23(24)28)29-30-27(31)35-20-26(33)32(21(2)3)22-14-9-8-10-15-22/h8-12,14-17,21H,4-7,13,18-20H2,1-3H3. The van der Waals surface area contributed by atoms with Crippen molar-refractivity contribution < 1.29 is 13.9 Å². The molecule has 0 N–H and O–H groups in total. The zero-order chi connectivity index (χ0) is 25.0. The maximum absolute atomic E-state index is 14.0. The molecule has 0 saturated heterocycles. The van der Waals surface area contributed by atoms with E-state index in [2.05, 4.69) is 17.1 Å². The third-order valence-corrected chi connectivity index (χ3v) is 6.57. The van der Waals surface area contributed by atoms with Gasteiger partial charge in [0.05, 0.1) is 5.75 Å². The Morgan fingerprint density at radius 3 is 2.46 bits per heavy atom. The molecular weight excluding hydrogens is 463 g/mol. The molecule has 188 valence electrons. The van der Waals surface area contributed by atoms with Gasteiger partial charge in [-0.15, -0.1) is 10.2 Å². The summed E-state index contributed by atoms with van der Waals surface area (Å²) in [5, 5.41) is 9.34. The van der Waals surface area contributed by atoms with E-state index in [4.69, 9.17) is 4.74 Å². The van der Waals surface area contributed by atoms with Crippen molar-refractivity contribution in [3.8, 4) is 5.75 Å². The van der Waals surface area contributed by atoms with Gasteiger partial charge in [-0.25, -0.2) is 4.39 Å². The lowest BCUT2D eigenvalue weighted by Crippen LogP contribution is -2.38. The fourth-order valence-electron chi connectivity index (χ4n) is 3.85. The van der Waals surface area contributed by atoms with Crippen LogP contribution in [0.2, 0.25) is 0 Å². The maximum atomic E-state index is 14.0. The first-order chi connectivity index (χ1) is 17.0. The second kappa shape index (κ2) is 13.9. The normalized spacial score (nSPS) is 11.1. The Hall–Kier alpha value is -2.87. The Bertz CT molecular complexity index is 1060. The molecule has 0 aliphatic heterocycles. The molecule has 1 amide bonds. The molecule has 0 bridgehead atoms. The molecule has 0 aliphatic rings. The molecule has 1 aromatic heterocycles. The lowest BCUT2D eigenvalue weighted by atomic mass is 10.1. The topological polar surface area (TPSA) is 60.2 Å². The summed E-state index contributed by atoms with van der Waals surface area (Å²) in [6.07, 6.45) is 5.67. The smallest absolute Gasteiger partial charge is 0.237 e. The van der Waals surface area contributed by atoms with Gasteiger partial charge in [-0.05, 0) is 44.5 Å². The van der Waals surface area contributed by atoms with Crippen LogP contribution in [-0.4, -0.2) is 32.5 Å². The Kier molecular flexibility index (Phi) is 10.6. The van der Waals surface area contributed by atoms with Gasteiger partial charge in [0.25, 0.3) is 0 Å². The van der Waals surface area contributed by atoms with Crippen molar-refractivity contribution in [3.05, 3.63) is 66.2 Å². The minimum Gasteiger partial charge on any atom is -0.483 e. The molecule has 2 aromatic carbocycles. The Labute approximate surface area is 211 Å². The molecule has 0 fully saturated rings. The Morgan fingerprint density at radius 2 is 1.74 bits per heavy atom. The van der Waals surface area contributed by atoms with Gasteiger partial charge in [0.1, 0.15) is 6.61 Å². The number of hydrogen-bond donors (Lipinski definition) is 0. The molecule has 0 saturated carbocycles. The summed E-state index contributed by atoms with van der Waals surface area (Å²) in [5.41, 5.74) is 0.879. The number of thioether (sulfide) groups is 1. The minimum absolute atomic E-state index is 0.0119. The van der Waals surface area contributed by atoms with Gasteiger partial charge in [-0.3, -0.25) is 4.79 Å². The van der Waals surface area contributed by atoms with Crippen LogP contribution in [0.4, 0.5) is 10.1 Å². The van der Waals surface area contributed by atoms with Crippen molar-refractivity contribution in [2.24, 2.45) is 0 Å². The summed E-state index contributed by atoms with van der Waals surface area (Å²) in [5.74, 6) is 0.660. The average Bonchev–Trinajstić information content (AvgIpc) is 3.24. The van der Waals surface area contributed by atoms with Crippen molar-refractivity contribution in [3.63, 3.8) is 0 Å². The Morgan fingerprint density at radius 1 is 1.03 bits per heavy atom. The van der Waals surface area contributed by atoms with Crippen LogP contribution in [0.3, 0.4) is 0 Å². The van der Waals surface area contributed by atoms with E-state index in [9.17, 15) is 9.18 Å². The van der Waals surface area contributed by atoms with Crippen molar-refractivity contribution in [2.75, 3.05) is 10.7 Å². The summed E-state index contributed by atoms with van der Waals surface area (Å²) in [4.78, 5) is 14.9. The molecule has 0 atom stereocenters. The fraction of sp³-hybridized carbons (Fsp3) is 0.444. The number of ether oxygens (including phenoxy) is 1. The van der Waals surface area contributed by atoms with E-state index in [1.165, 1.54) is 37.1 Å². The van der Waals surface area contributed by atoms with E-state index in [0.29, 0.717) is 11.0 Å². The first-order valence-corrected chi connectivity index (χ1v) is 13.3. The largest absolute Gasteiger partial charge is 0.483 e. The molecule has 3 aromatic rings. The molecule has 1 heterocycles. The highest BCUT2D eigenvalue weighted by molar-refractivity contribution is 7.99. The monoisotopic (exact) mass is 498 g/mol. The van der Waals surface area contributed by atoms with E-state index in [1.807, 2.05) is 48.7 Å². The summed E-state index contributed by atoms with van der Waals surface area (Å²) in [7, 11) is 0. The van der Waals surface area contributed by atoms with Crippen molar-refractivity contribution in [2.45, 2.75) is 77.2 Å². The van der Waals surface area contributed by atoms with Gasteiger partial charge < -0.3 is 14.2 Å². The predicted octanol–water partition coefficient (Wildman–Crippen LogP) is 6.50. The number of rotatable bonds is 14. The van der Waals surface area contributed by atoms with E-state index < -0.39 is 5.82 Å². The molecule has 8 heteroatoms. The van der Waals surface area contributed by atoms with E-state index in [0.717, 1.165) is 25.1 Å². The van der Waals surface area contributed by atoms with Crippen LogP contribution in [0.5, 0.6) is 5.75 Å². The van der Waals surface area contributed by atoms with Crippen LogP contribution in [0.25, 0.3) is 0 Å². The van der Waals surface area contributed by atoms with Gasteiger partial charge in [0.2, 0.25) is 5.91 Å². The SMILES string of the molecule is CCCCCCCn1c(COc2ccccc2F)nnc1SCC(=O)N(c1ccccc1)C(C)C. The van der Waals surface area contributed by atoms with Gasteiger partial charge in [-0.2, -0.15) is 0 Å². The number of nitrogens with zero attached hydrogens (tertiary/aromatic N) is 4. The summed E-state index contributed by atoms with van der Waals surface area (Å²) >= 11 is 1.38. The quantitative estimate of drug-likeness (QED) is 0.188.